The van der Waals surface area contributed by atoms with Crippen molar-refractivity contribution in [2.24, 2.45) is 0 Å². The van der Waals surface area contributed by atoms with Crippen molar-refractivity contribution in [2.75, 3.05) is 6.61 Å². The van der Waals surface area contributed by atoms with Gasteiger partial charge in [-0.2, -0.15) is 5.26 Å². The number of nitriles is 1. The number of fused-ring (bicyclic) bond motifs is 1. The number of aromatic amines is 1. The van der Waals surface area contributed by atoms with Crippen molar-refractivity contribution in [3.05, 3.63) is 59.9 Å². The Hall–Kier alpha value is -3.06. The van der Waals surface area contributed by atoms with E-state index < -0.39 is 0 Å². The minimum Gasteiger partial charge on any atom is -0.494 e. The van der Waals surface area contributed by atoms with Gasteiger partial charge in [-0.25, -0.2) is 4.98 Å². The third kappa shape index (κ3) is 3.41. The van der Waals surface area contributed by atoms with E-state index in [-0.39, 0.29) is 0 Å². The minimum atomic E-state index is 0.494. The molecule has 0 bridgehead atoms. The Labute approximate surface area is 135 Å². The van der Waals surface area contributed by atoms with Crippen molar-refractivity contribution in [3.63, 3.8) is 0 Å². The maximum atomic E-state index is 9.47. The van der Waals surface area contributed by atoms with Crippen molar-refractivity contribution in [1.29, 1.82) is 5.26 Å². The third-order valence-electron chi connectivity index (χ3n) is 3.41. The first-order valence-corrected chi connectivity index (χ1v) is 7.60. The monoisotopic (exact) mass is 303 g/mol. The number of para-hydroxylation sites is 2. The van der Waals surface area contributed by atoms with Crippen LogP contribution in [0.4, 0.5) is 0 Å². The SMILES string of the molecule is CCCOc1cccc(/C=C(/C#N)c2nc3ccccc3[nH]2)c1. The Morgan fingerprint density at radius 1 is 1.26 bits per heavy atom. The molecule has 3 rings (SSSR count). The fourth-order valence-electron chi connectivity index (χ4n) is 2.31. The maximum Gasteiger partial charge on any atom is 0.149 e. The number of H-pyrrole nitrogens is 1. The summed E-state index contributed by atoms with van der Waals surface area (Å²) >= 11 is 0. The van der Waals surface area contributed by atoms with Crippen LogP contribution in [0.1, 0.15) is 24.7 Å². The highest BCUT2D eigenvalue weighted by atomic mass is 16.5. The Bertz CT molecular complexity index is 854. The third-order valence-corrected chi connectivity index (χ3v) is 3.41. The molecule has 0 spiro atoms. The van der Waals surface area contributed by atoms with Crippen LogP contribution in [0.15, 0.2) is 48.5 Å². The van der Waals surface area contributed by atoms with E-state index in [1.165, 1.54) is 0 Å². The highest BCUT2D eigenvalue weighted by Gasteiger charge is 2.07. The van der Waals surface area contributed by atoms with E-state index in [0.717, 1.165) is 28.8 Å². The van der Waals surface area contributed by atoms with Gasteiger partial charge in [0.25, 0.3) is 0 Å². The molecule has 0 fully saturated rings. The molecule has 114 valence electrons. The van der Waals surface area contributed by atoms with E-state index in [1.54, 1.807) is 0 Å². The zero-order valence-corrected chi connectivity index (χ0v) is 12.9. The molecule has 0 aliphatic rings. The van der Waals surface area contributed by atoms with Crippen LogP contribution in [0.2, 0.25) is 0 Å². The number of ether oxygens (including phenoxy) is 1. The van der Waals surface area contributed by atoms with E-state index in [9.17, 15) is 5.26 Å². The number of rotatable bonds is 5. The lowest BCUT2D eigenvalue weighted by Crippen LogP contribution is -1.94. The van der Waals surface area contributed by atoms with E-state index in [2.05, 4.69) is 23.0 Å². The van der Waals surface area contributed by atoms with Gasteiger partial charge in [0.2, 0.25) is 0 Å². The predicted octanol–water partition coefficient (Wildman–Crippen LogP) is 4.42. The number of nitrogens with zero attached hydrogens (tertiary/aromatic N) is 2. The summed E-state index contributed by atoms with van der Waals surface area (Å²) in [5.41, 5.74) is 3.18. The molecule has 1 aromatic heterocycles. The van der Waals surface area contributed by atoms with Gasteiger partial charge in [0.05, 0.1) is 23.2 Å². The van der Waals surface area contributed by atoms with Gasteiger partial charge in [-0.05, 0) is 42.3 Å². The summed E-state index contributed by atoms with van der Waals surface area (Å²) in [6.07, 6.45) is 2.78. The molecule has 1 heterocycles. The van der Waals surface area contributed by atoms with Gasteiger partial charge in [0, 0.05) is 0 Å². The Morgan fingerprint density at radius 3 is 2.91 bits per heavy atom. The molecule has 4 nitrogen and oxygen atoms in total. The number of hydrogen-bond acceptors (Lipinski definition) is 3. The predicted molar refractivity (Wildman–Crippen MR) is 91.8 cm³/mol. The van der Waals surface area contributed by atoms with Gasteiger partial charge in [-0.15, -0.1) is 0 Å². The second-order valence-corrected chi connectivity index (χ2v) is 5.19. The number of allylic oxidation sites excluding steroid dienone is 1. The van der Waals surface area contributed by atoms with Crippen molar-refractivity contribution in [2.45, 2.75) is 13.3 Å². The molecule has 1 N–H and O–H groups in total. The van der Waals surface area contributed by atoms with Gasteiger partial charge in [-0.1, -0.05) is 31.2 Å². The quantitative estimate of drug-likeness (QED) is 0.710. The molecular formula is C19H17N3O. The van der Waals surface area contributed by atoms with Crippen LogP contribution in [0.5, 0.6) is 5.75 Å². The van der Waals surface area contributed by atoms with Gasteiger partial charge >= 0.3 is 0 Å². The first kappa shape index (κ1) is 14.9. The van der Waals surface area contributed by atoms with Crippen LogP contribution in [0.25, 0.3) is 22.7 Å². The molecule has 2 aromatic carbocycles. The summed E-state index contributed by atoms with van der Waals surface area (Å²) in [6.45, 7) is 2.75. The number of hydrogen-bond donors (Lipinski definition) is 1. The van der Waals surface area contributed by atoms with Gasteiger partial charge < -0.3 is 9.72 Å². The fraction of sp³-hybridized carbons (Fsp3) is 0.158. The lowest BCUT2D eigenvalue weighted by Gasteiger charge is -2.05. The summed E-state index contributed by atoms with van der Waals surface area (Å²) in [4.78, 5) is 7.66. The number of benzene rings is 2. The summed E-state index contributed by atoms with van der Waals surface area (Å²) < 4.78 is 5.63. The first-order chi connectivity index (χ1) is 11.3. The standard InChI is InChI=1S/C19H17N3O/c1-2-10-23-16-7-5-6-14(12-16)11-15(13-20)19-21-17-8-3-4-9-18(17)22-19/h3-9,11-12H,2,10H2,1H3,(H,21,22)/b15-11-. The molecular weight excluding hydrogens is 286 g/mol. The van der Waals surface area contributed by atoms with E-state index >= 15 is 0 Å². The fourth-order valence-corrected chi connectivity index (χ4v) is 2.31. The topological polar surface area (TPSA) is 61.7 Å². The largest absolute Gasteiger partial charge is 0.494 e. The molecule has 0 saturated carbocycles. The highest BCUT2D eigenvalue weighted by molar-refractivity contribution is 5.90. The van der Waals surface area contributed by atoms with Gasteiger partial charge in [-0.3, -0.25) is 0 Å². The smallest absolute Gasteiger partial charge is 0.149 e. The van der Waals surface area contributed by atoms with Crippen molar-refractivity contribution in [3.8, 4) is 11.8 Å². The minimum absolute atomic E-state index is 0.494. The zero-order chi connectivity index (χ0) is 16.1. The average molecular weight is 303 g/mol. The normalized spacial score (nSPS) is 11.4. The van der Waals surface area contributed by atoms with Crippen molar-refractivity contribution < 1.29 is 4.74 Å². The summed E-state index contributed by atoms with van der Waals surface area (Å²) in [6, 6.07) is 17.7. The molecule has 0 aliphatic heterocycles. The van der Waals surface area contributed by atoms with Crippen molar-refractivity contribution >= 4 is 22.7 Å². The van der Waals surface area contributed by atoms with Crippen LogP contribution < -0.4 is 4.74 Å². The number of nitrogens with one attached hydrogen (secondary N) is 1. The second kappa shape index (κ2) is 6.80. The molecule has 0 saturated heterocycles. The molecule has 0 unspecified atom stereocenters. The lowest BCUT2D eigenvalue weighted by molar-refractivity contribution is 0.317. The average Bonchev–Trinajstić information content (AvgIpc) is 3.02. The highest BCUT2D eigenvalue weighted by Crippen LogP contribution is 2.21. The molecule has 4 heteroatoms. The summed E-state index contributed by atoms with van der Waals surface area (Å²) in [5.74, 6) is 1.39. The molecule has 0 radical (unpaired) electrons. The van der Waals surface area contributed by atoms with Crippen LogP contribution in [-0.2, 0) is 0 Å². The van der Waals surface area contributed by atoms with Crippen molar-refractivity contribution in [1.82, 2.24) is 9.97 Å². The first-order valence-electron chi connectivity index (χ1n) is 7.60. The van der Waals surface area contributed by atoms with Crippen LogP contribution in [-0.4, -0.2) is 16.6 Å². The molecule has 3 aromatic rings. The molecule has 0 amide bonds. The number of aromatic nitrogens is 2. The van der Waals surface area contributed by atoms with Crippen LogP contribution in [0, 0.1) is 11.3 Å². The maximum absolute atomic E-state index is 9.47. The lowest BCUT2D eigenvalue weighted by atomic mass is 10.1. The molecule has 0 aliphatic carbocycles. The molecule has 23 heavy (non-hydrogen) atoms. The Balaban J connectivity index is 1.94. The van der Waals surface area contributed by atoms with Crippen LogP contribution >= 0.6 is 0 Å². The Kier molecular flexibility index (Phi) is 4.39. The second-order valence-electron chi connectivity index (χ2n) is 5.19. The van der Waals surface area contributed by atoms with E-state index in [4.69, 9.17) is 4.74 Å². The summed E-state index contributed by atoms with van der Waals surface area (Å²) in [5, 5.41) is 9.47. The summed E-state index contributed by atoms with van der Waals surface area (Å²) in [7, 11) is 0. The van der Waals surface area contributed by atoms with Gasteiger partial charge in [0.15, 0.2) is 0 Å². The van der Waals surface area contributed by atoms with E-state index in [0.29, 0.717) is 18.0 Å². The van der Waals surface area contributed by atoms with Crippen LogP contribution in [0.3, 0.4) is 0 Å². The zero-order valence-electron chi connectivity index (χ0n) is 12.9. The van der Waals surface area contributed by atoms with E-state index in [1.807, 2.05) is 54.6 Å². The number of imidazole rings is 1. The Morgan fingerprint density at radius 2 is 2.13 bits per heavy atom. The van der Waals surface area contributed by atoms with Gasteiger partial charge in [0.1, 0.15) is 17.6 Å². The molecule has 0 atom stereocenters.